The third kappa shape index (κ3) is 3.22. The smallest absolute Gasteiger partial charge is 0.319 e. The van der Waals surface area contributed by atoms with Crippen LogP contribution in [0.4, 0.5) is 20.6 Å². The summed E-state index contributed by atoms with van der Waals surface area (Å²) in [6.07, 6.45) is 0.321. The molecule has 0 atom stereocenters. The lowest BCUT2D eigenvalue weighted by Gasteiger charge is -2.09. The summed E-state index contributed by atoms with van der Waals surface area (Å²) < 4.78 is 12.8. The summed E-state index contributed by atoms with van der Waals surface area (Å²) in [6.45, 7) is 0.303. The van der Waals surface area contributed by atoms with Crippen LogP contribution in [0.1, 0.15) is 11.1 Å². The van der Waals surface area contributed by atoms with E-state index in [1.165, 1.54) is 12.1 Å². The van der Waals surface area contributed by atoms with Crippen LogP contribution in [0.2, 0.25) is 0 Å². The molecule has 0 radical (unpaired) electrons. The van der Waals surface area contributed by atoms with Gasteiger partial charge in [-0.2, -0.15) is 0 Å². The van der Waals surface area contributed by atoms with Crippen LogP contribution in [0, 0.1) is 5.82 Å². The monoisotopic (exact) mass is 299 g/mol. The van der Waals surface area contributed by atoms with Crippen molar-refractivity contribution in [3.63, 3.8) is 0 Å². The first kappa shape index (κ1) is 14.1. The predicted molar refractivity (Wildman–Crippen MR) is 81.0 cm³/mol. The molecule has 0 saturated carbocycles. The zero-order chi connectivity index (χ0) is 15.5. The molecule has 0 fully saturated rings. The Morgan fingerprint density at radius 1 is 1.18 bits per heavy atom. The van der Waals surface area contributed by atoms with E-state index >= 15 is 0 Å². The molecule has 1 aliphatic heterocycles. The standard InChI is InChI=1S/C16H14FN3O2/c17-12-3-1-10(2-4-12)9-18-16(22)19-13-5-6-14-11(7-13)8-15(21)20-14/h1-7H,8-9H2,(H,20,21)(H2,18,19,22). The zero-order valence-corrected chi connectivity index (χ0v) is 11.7. The number of amides is 3. The third-order valence-electron chi connectivity index (χ3n) is 3.35. The highest BCUT2D eigenvalue weighted by molar-refractivity contribution is 6.00. The molecular weight excluding hydrogens is 285 g/mol. The van der Waals surface area contributed by atoms with Crippen LogP contribution in [0.5, 0.6) is 0 Å². The number of rotatable bonds is 3. The maximum absolute atomic E-state index is 12.8. The van der Waals surface area contributed by atoms with Crippen molar-refractivity contribution in [2.24, 2.45) is 0 Å². The van der Waals surface area contributed by atoms with Gasteiger partial charge in [0, 0.05) is 17.9 Å². The molecule has 3 N–H and O–H groups in total. The van der Waals surface area contributed by atoms with Crippen molar-refractivity contribution in [1.29, 1.82) is 0 Å². The average Bonchev–Trinajstić information content (AvgIpc) is 2.86. The fraction of sp³-hybridized carbons (Fsp3) is 0.125. The summed E-state index contributed by atoms with van der Waals surface area (Å²) in [5.74, 6) is -0.359. The Hall–Kier alpha value is -2.89. The Kier molecular flexibility index (Phi) is 3.74. The maximum atomic E-state index is 12.8. The number of benzene rings is 2. The van der Waals surface area contributed by atoms with E-state index in [0.29, 0.717) is 18.7 Å². The Morgan fingerprint density at radius 2 is 1.95 bits per heavy atom. The number of fused-ring (bicyclic) bond motifs is 1. The summed E-state index contributed by atoms with van der Waals surface area (Å²) in [6, 6.07) is 10.8. The minimum absolute atomic E-state index is 0.0482. The summed E-state index contributed by atoms with van der Waals surface area (Å²) in [7, 11) is 0. The van der Waals surface area contributed by atoms with Crippen LogP contribution in [-0.2, 0) is 17.8 Å². The Morgan fingerprint density at radius 3 is 2.73 bits per heavy atom. The molecule has 112 valence electrons. The molecule has 0 aliphatic carbocycles. The predicted octanol–water partition coefficient (Wildman–Crippen LogP) is 2.64. The highest BCUT2D eigenvalue weighted by Gasteiger charge is 2.17. The number of urea groups is 1. The summed E-state index contributed by atoms with van der Waals surface area (Å²) in [5.41, 5.74) is 3.07. The topological polar surface area (TPSA) is 70.2 Å². The van der Waals surface area contributed by atoms with Gasteiger partial charge in [0.1, 0.15) is 5.82 Å². The third-order valence-corrected chi connectivity index (χ3v) is 3.35. The van der Waals surface area contributed by atoms with E-state index in [0.717, 1.165) is 16.8 Å². The molecule has 0 saturated heterocycles. The van der Waals surface area contributed by atoms with Gasteiger partial charge in [-0.05, 0) is 41.5 Å². The van der Waals surface area contributed by atoms with Crippen LogP contribution in [0.25, 0.3) is 0 Å². The first-order chi connectivity index (χ1) is 10.6. The molecule has 0 bridgehead atoms. The lowest BCUT2D eigenvalue weighted by atomic mass is 10.1. The van der Waals surface area contributed by atoms with Gasteiger partial charge in [0.25, 0.3) is 0 Å². The first-order valence-corrected chi connectivity index (χ1v) is 6.82. The normalized spacial score (nSPS) is 12.5. The molecule has 3 amide bonds. The molecule has 1 aliphatic rings. The number of anilines is 2. The summed E-state index contributed by atoms with van der Waals surface area (Å²) in [4.78, 5) is 23.1. The minimum atomic E-state index is -0.360. The Balaban J connectivity index is 1.57. The second kappa shape index (κ2) is 5.85. The van der Waals surface area contributed by atoms with E-state index in [-0.39, 0.29) is 17.8 Å². The molecule has 0 unspecified atom stereocenters. The van der Waals surface area contributed by atoms with E-state index in [4.69, 9.17) is 0 Å². The van der Waals surface area contributed by atoms with E-state index in [2.05, 4.69) is 16.0 Å². The molecule has 3 rings (SSSR count). The highest BCUT2D eigenvalue weighted by Crippen LogP contribution is 2.25. The molecule has 5 nitrogen and oxygen atoms in total. The van der Waals surface area contributed by atoms with Gasteiger partial charge in [-0.3, -0.25) is 4.79 Å². The number of hydrogen-bond acceptors (Lipinski definition) is 2. The van der Waals surface area contributed by atoms with Gasteiger partial charge in [-0.25, -0.2) is 9.18 Å². The summed E-state index contributed by atoms with van der Waals surface area (Å²) >= 11 is 0. The van der Waals surface area contributed by atoms with Crippen molar-refractivity contribution in [1.82, 2.24) is 5.32 Å². The van der Waals surface area contributed by atoms with Crippen LogP contribution in [-0.4, -0.2) is 11.9 Å². The van der Waals surface area contributed by atoms with Crippen molar-refractivity contribution in [3.05, 3.63) is 59.4 Å². The number of carbonyl (C=O) groups is 2. The lowest BCUT2D eigenvalue weighted by molar-refractivity contribution is -0.115. The van der Waals surface area contributed by atoms with E-state index < -0.39 is 0 Å². The van der Waals surface area contributed by atoms with Gasteiger partial charge >= 0.3 is 6.03 Å². The second-order valence-electron chi connectivity index (χ2n) is 5.03. The van der Waals surface area contributed by atoms with Gasteiger partial charge in [-0.1, -0.05) is 12.1 Å². The van der Waals surface area contributed by atoms with Crippen LogP contribution >= 0.6 is 0 Å². The number of hydrogen-bond donors (Lipinski definition) is 3. The molecule has 0 spiro atoms. The van der Waals surface area contributed by atoms with Crippen LogP contribution in [0.15, 0.2) is 42.5 Å². The molecule has 22 heavy (non-hydrogen) atoms. The average molecular weight is 299 g/mol. The second-order valence-corrected chi connectivity index (χ2v) is 5.03. The van der Waals surface area contributed by atoms with Crippen molar-refractivity contribution in [3.8, 4) is 0 Å². The molecule has 6 heteroatoms. The van der Waals surface area contributed by atoms with Crippen molar-refractivity contribution < 1.29 is 14.0 Å². The maximum Gasteiger partial charge on any atom is 0.319 e. The number of halogens is 1. The fourth-order valence-corrected chi connectivity index (χ4v) is 2.27. The van der Waals surface area contributed by atoms with E-state index in [1.807, 2.05) is 0 Å². The highest BCUT2D eigenvalue weighted by atomic mass is 19.1. The molecule has 2 aromatic rings. The minimum Gasteiger partial charge on any atom is -0.334 e. The SMILES string of the molecule is O=C1Cc2cc(NC(=O)NCc3ccc(F)cc3)ccc2N1. The fourth-order valence-electron chi connectivity index (χ4n) is 2.27. The van der Waals surface area contributed by atoms with Gasteiger partial charge in [0.15, 0.2) is 0 Å². The lowest BCUT2D eigenvalue weighted by Crippen LogP contribution is -2.28. The molecule has 1 heterocycles. The zero-order valence-electron chi connectivity index (χ0n) is 11.7. The van der Waals surface area contributed by atoms with Crippen LogP contribution in [0.3, 0.4) is 0 Å². The van der Waals surface area contributed by atoms with Crippen molar-refractivity contribution in [2.75, 3.05) is 10.6 Å². The van der Waals surface area contributed by atoms with Crippen LogP contribution < -0.4 is 16.0 Å². The van der Waals surface area contributed by atoms with Gasteiger partial charge in [-0.15, -0.1) is 0 Å². The van der Waals surface area contributed by atoms with Gasteiger partial charge < -0.3 is 16.0 Å². The largest absolute Gasteiger partial charge is 0.334 e. The van der Waals surface area contributed by atoms with E-state index in [9.17, 15) is 14.0 Å². The van der Waals surface area contributed by atoms with E-state index in [1.54, 1.807) is 30.3 Å². The Bertz CT molecular complexity index is 729. The number of nitrogens with one attached hydrogen (secondary N) is 3. The van der Waals surface area contributed by atoms with Gasteiger partial charge in [0.05, 0.1) is 6.42 Å². The first-order valence-electron chi connectivity index (χ1n) is 6.82. The Labute approximate surface area is 126 Å². The van der Waals surface area contributed by atoms with Crippen molar-refractivity contribution >= 4 is 23.3 Å². The molecule has 0 aromatic heterocycles. The van der Waals surface area contributed by atoms with Gasteiger partial charge in [0.2, 0.25) is 5.91 Å². The quantitative estimate of drug-likeness (QED) is 0.815. The molecular formula is C16H14FN3O2. The summed E-state index contributed by atoms with van der Waals surface area (Å²) in [5, 5.41) is 8.12. The van der Waals surface area contributed by atoms with Crippen molar-refractivity contribution in [2.45, 2.75) is 13.0 Å². The number of carbonyl (C=O) groups excluding carboxylic acids is 2. The molecule has 2 aromatic carbocycles.